The summed E-state index contributed by atoms with van der Waals surface area (Å²) in [5.41, 5.74) is 7.08. The van der Waals surface area contributed by atoms with Gasteiger partial charge in [0.25, 0.3) is 0 Å². The third kappa shape index (κ3) is 3.14. The van der Waals surface area contributed by atoms with Gasteiger partial charge in [0.15, 0.2) is 0 Å². The second kappa shape index (κ2) is 5.89. The summed E-state index contributed by atoms with van der Waals surface area (Å²) in [5, 5.41) is 12.0. The van der Waals surface area contributed by atoms with Crippen molar-refractivity contribution < 1.29 is 4.74 Å². The van der Waals surface area contributed by atoms with Crippen LogP contribution in [0.3, 0.4) is 0 Å². The maximum Gasteiger partial charge on any atom is 0.226 e. The number of nitrogens with two attached hydrogens (primary N) is 1. The minimum Gasteiger partial charge on any atom is -0.438 e. The van der Waals surface area contributed by atoms with E-state index in [1.165, 1.54) is 0 Å². The van der Waals surface area contributed by atoms with Crippen molar-refractivity contribution >= 4 is 11.8 Å². The molecule has 0 fully saturated rings. The van der Waals surface area contributed by atoms with Crippen molar-refractivity contribution in [3.05, 3.63) is 35.4 Å². The van der Waals surface area contributed by atoms with E-state index >= 15 is 0 Å². The summed E-state index contributed by atoms with van der Waals surface area (Å²) in [5.74, 6) is 1.65. The van der Waals surface area contributed by atoms with E-state index in [2.05, 4.69) is 21.4 Å². The lowest BCUT2D eigenvalue weighted by molar-refractivity contribution is 0.459. The van der Waals surface area contributed by atoms with Gasteiger partial charge in [0.1, 0.15) is 11.6 Å². The van der Waals surface area contributed by atoms with Crippen LogP contribution in [0.1, 0.15) is 18.1 Å². The third-order valence-corrected chi connectivity index (χ3v) is 2.61. The quantitative estimate of drug-likeness (QED) is 0.884. The molecule has 0 aliphatic rings. The summed E-state index contributed by atoms with van der Waals surface area (Å²) in [6.07, 6.45) is 0. The molecule has 1 heterocycles. The highest BCUT2D eigenvalue weighted by Crippen LogP contribution is 2.26. The number of hydrogen-bond donors (Lipinski definition) is 2. The lowest BCUT2D eigenvalue weighted by Crippen LogP contribution is -2.04. The van der Waals surface area contributed by atoms with Crippen LogP contribution in [-0.4, -0.2) is 16.5 Å². The SMILES string of the molecule is CCNc1cc(Oc2cc(C#N)ccc2C)nc(N)n1. The van der Waals surface area contributed by atoms with Crippen LogP contribution in [0.2, 0.25) is 0 Å². The number of nitrogens with one attached hydrogen (secondary N) is 1. The predicted octanol–water partition coefficient (Wildman–Crippen LogP) is 2.46. The Bertz CT molecular complexity index is 663. The molecule has 2 rings (SSSR count). The van der Waals surface area contributed by atoms with Crippen molar-refractivity contribution in [2.75, 3.05) is 17.6 Å². The zero-order chi connectivity index (χ0) is 14.5. The summed E-state index contributed by atoms with van der Waals surface area (Å²) in [7, 11) is 0. The van der Waals surface area contributed by atoms with Gasteiger partial charge >= 0.3 is 0 Å². The van der Waals surface area contributed by atoms with E-state index in [-0.39, 0.29) is 5.95 Å². The van der Waals surface area contributed by atoms with E-state index in [0.717, 1.165) is 12.1 Å². The summed E-state index contributed by atoms with van der Waals surface area (Å²) >= 11 is 0. The highest BCUT2D eigenvalue weighted by Gasteiger charge is 2.07. The molecule has 0 saturated heterocycles. The van der Waals surface area contributed by atoms with Crippen molar-refractivity contribution in [1.82, 2.24) is 9.97 Å². The second-order valence-electron chi connectivity index (χ2n) is 4.17. The van der Waals surface area contributed by atoms with Crippen LogP contribution in [0.4, 0.5) is 11.8 Å². The maximum absolute atomic E-state index is 8.92. The van der Waals surface area contributed by atoms with Crippen LogP contribution in [0, 0.1) is 18.3 Å². The van der Waals surface area contributed by atoms with Crippen LogP contribution in [0.5, 0.6) is 11.6 Å². The highest BCUT2D eigenvalue weighted by atomic mass is 16.5. The van der Waals surface area contributed by atoms with Crippen molar-refractivity contribution in [3.63, 3.8) is 0 Å². The number of benzene rings is 1. The monoisotopic (exact) mass is 269 g/mol. The number of anilines is 2. The second-order valence-corrected chi connectivity index (χ2v) is 4.17. The molecule has 0 radical (unpaired) electrons. The number of ether oxygens (including phenoxy) is 1. The zero-order valence-corrected chi connectivity index (χ0v) is 11.3. The van der Waals surface area contributed by atoms with E-state index in [1.807, 2.05) is 19.9 Å². The molecule has 0 unspecified atom stereocenters. The first-order chi connectivity index (χ1) is 9.62. The average Bonchev–Trinajstić information content (AvgIpc) is 2.41. The molecule has 0 aliphatic heterocycles. The first-order valence-electron chi connectivity index (χ1n) is 6.19. The van der Waals surface area contributed by atoms with Gasteiger partial charge in [-0.2, -0.15) is 15.2 Å². The van der Waals surface area contributed by atoms with Gasteiger partial charge in [-0.25, -0.2) is 0 Å². The fourth-order valence-corrected chi connectivity index (χ4v) is 1.66. The molecule has 102 valence electrons. The third-order valence-electron chi connectivity index (χ3n) is 2.61. The minimum atomic E-state index is 0.132. The molecule has 6 heteroatoms. The van der Waals surface area contributed by atoms with E-state index in [1.54, 1.807) is 18.2 Å². The summed E-state index contributed by atoms with van der Waals surface area (Å²) in [6, 6.07) is 8.97. The molecule has 0 saturated carbocycles. The summed E-state index contributed by atoms with van der Waals surface area (Å²) < 4.78 is 5.70. The number of hydrogen-bond acceptors (Lipinski definition) is 6. The predicted molar refractivity (Wildman–Crippen MR) is 76.6 cm³/mol. The van der Waals surface area contributed by atoms with Crippen LogP contribution >= 0.6 is 0 Å². The molecule has 2 aromatic rings. The van der Waals surface area contributed by atoms with Gasteiger partial charge < -0.3 is 15.8 Å². The molecule has 0 amide bonds. The number of aromatic nitrogens is 2. The molecule has 0 bridgehead atoms. The van der Waals surface area contributed by atoms with Crippen LogP contribution < -0.4 is 15.8 Å². The topological polar surface area (TPSA) is 96.8 Å². The molecule has 20 heavy (non-hydrogen) atoms. The largest absolute Gasteiger partial charge is 0.438 e. The Balaban J connectivity index is 2.32. The normalized spacial score (nSPS) is 9.85. The Hall–Kier alpha value is -2.81. The molecule has 3 N–H and O–H groups in total. The lowest BCUT2D eigenvalue weighted by Gasteiger charge is -2.10. The van der Waals surface area contributed by atoms with Gasteiger partial charge in [-0.05, 0) is 31.5 Å². The molecule has 1 aromatic carbocycles. The molecule has 0 atom stereocenters. The highest BCUT2D eigenvalue weighted by molar-refractivity contribution is 5.47. The van der Waals surface area contributed by atoms with Crippen LogP contribution in [0.25, 0.3) is 0 Å². The van der Waals surface area contributed by atoms with Gasteiger partial charge in [-0.15, -0.1) is 0 Å². The van der Waals surface area contributed by atoms with E-state index in [4.69, 9.17) is 15.7 Å². The molecule has 0 aliphatic carbocycles. The number of nitriles is 1. The van der Waals surface area contributed by atoms with Gasteiger partial charge in [0.05, 0.1) is 11.6 Å². The fraction of sp³-hybridized carbons (Fsp3) is 0.214. The van der Waals surface area contributed by atoms with E-state index < -0.39 is 0 Å². The Morgan fingerprint density at radius 3 is 2.85 bits per heavy atom. The Kier molecular flexibility index (Phi) is 4.01. The van der Waals surface area contributed by atoms with Crippen molar-refractivity contribution in [3.8, 4) is 17.7 Å². The van der Waals surface area contributed by atoms with Crippen molar-refractivity contribution in [1.29, 1.82) is 5.26 Å². The first kappa shape index (κ1) is 13.6. The van der Waals surface area contributed by atoms with Crippen molar-refractivity contribution in [2.45, 2.75) is 13.8 Å². The fourth-order valence-electron chi connectivity index (χ4n) is 1.66. The number of rotatable bonds is 4. The minimum absolute atomic E-state index is 0.132. The van der Waals surface area contributed by atoms with Gasteiger partial charge in [-0.1, -0.05) is 6.07 Å². The molecular formula is C14H15N5O. The summed E-state index contributed by atoms with van der Waals surface area (Å²) in [4.78, 5) is 8.07. The maximum atomic E-state index is 8.92. The Labute approximate surface area is 117 Å². The first-order valence-corrected chi connectivity index (χ1v) is 6.19. The lowest BCUT2D eigenvalue weighted by atomic mass is 10.1. The smallest absolute Gasteiger partial charge is 0.226 e. The van der Waals surface area contributed by atoms with Gasteiger partial charge in [-0.3, -0.25) is 0 Å². The molecular weight excluding hydrogens is 254 g/mol. The van der Waals surface area contributed by atoms with Crippen LogP contribution in [0.15, 0.2) is 24.3 Å². The van der Waals surface area contributed by atoms with Gasteiger partial charge in [0.2, 0.25) is 11.8 Å². The van der Waals surface area contributed by atoms with Gasteiger partial charge in [0, 0.05) is 12.6 Å². The van der Waals surface area contributed by atoms with E-state index in [0.29, 0.717) is 23.0 Å². The zero-order valence-electron chi connectivity index (χ0n) is 11.3. The Morgan fingerprint density at radius 2 is 2.15 bits per heavy atom. The standard InChI is InChI=1S/C14H15N5O/c1-3-17-12-7-13(19-14(16)18-12)20-11-6-10(8-15)5-4-9(11)2/h4-7H,3H2,1-2H3,(H3,16,17,18,19). The molecule has 0 spiro atoms. The summed E-state index contributed by atoms with van der Waals surface area (Å²) in [6.45, 7) is 4.57. The average molecular weight is 269 g/mol. The van der Waals surface area contributed by atoms with E-state index in [9.17, 15) is 0 Å². The molecule has 1 aromatic heterocycles. The Morgan fingerprint density at radius 1 is 1.35 bits per heavy atom. The molecule has 6 nitrogen and oxygen atoms in total. The number of nitrogen functional groups attached to an aromatic ring is 1. The van der Waals surface area contributed by atoms with Crippen molar-refractivity contribution in [2.24, 2.45) is 0 Å². The number of nitrogens with zero attached hydrogens (tertiary/aromatic N) is 3. The number of aryl methyl sites for hydroxylation is 1. The van der Waals surface area contributed by atoms with Crippen LogP contribution in [-0.2, 0) is 0 Å².